The van der Waals surface area contributed by atoms with Crippen LogP contribution in [-0.4, -0.2) is 17.0 Å². The number of halogens is 1. The summed E-state index contributed by atoms with van der Waals surface area (Å²) in [6.45, 7) is 6.12. The van der Waals surface area contributed by atoms with Crippen LogP contribution in [0.5, 0.6) is 0 Å². The van der Waals surface area contributed by atoms with Crippen molar-refractivity contribution in [2.75, 3.05) is 0 Å². The van der Waals surface area contributed by atoms with Crippen molar-refractivity contribution >= 4 is 27.8 Å². The van der Waals surface area contributed by atoms with Gasteiger partial charge < -0.3 is 10.4 Å². The Balaban J connectivity index is 2.31. The van der Waals surface area contributed by atoms with Gasteiger partial charge in [-0.25, -0.2) is 0 Å². The Kier molecular flexibility index (Phi) is 6.98. The molecule has 0 aliphatic rings. The molecule has 4 nitrogen and oxygen atoms in total. The molecule has 0 aliphatic heterocycles. The Hall–Kier alpha value is -2.14. The van der Waals surface area contributed by atoms with Crippen molar-refractivity contribution in [3.63, 3.8) is 0 Å². The maximum absolute atomic E-state index is 12.6. The maximum atomic E-state index is 12.6. The molecule has 2 rings (SSSR count). The van der Waals surface area contributed by atoms with E-state index in [0.29, 0.717) is 5.56 Å². The van der Waals surface area contributed by atoms with Crippen LogP contribution in [0.3, 0.4) is 0 Å². The lowest BCUT2D eigenvalue weighted by atomic mass is 9.95. The van der Waals surface area contributed by atoms with E-state index >= 15 is 0 Å². The fraction of sp³-hybridized carbons (Fsp3) is 0.333. The van der Waals surface area contributed by atoms with Crippen molar-refractivity contribution in [2.24, 2.45) is 0 Å². The van der Waals surface area contributed by atoms with Crippen LogP contribution in [0.1, 0.15) is 58.9 Å². The van der Waals surface area contributed by atoms with Crippen molar-refractivity contribution in [1.29, 1.82) is 0 Å². The molecule has 2 aromatic carbocycles. The van der Waals surface area contributed by atoms with E-state index in [0.717, 1.165) is 28.4 Å². The third-order valence-electron chi connectivity index (χ3n) is 4.51. The standard InChI is InChI=1S/C21H24BrNO3/c1-4-14-8-9-16(10-15(14)5-2)19(12-20(24)25)23-21(26)17-7-6-13(3)18(22)11-17/h6-11,19H,4-5,12H2,1-3H3,(H,23,26)(H,24,25)/t19-/m0/s1. The van der Waals surface area contributed by atoms with E-state index in [1.54, 1.807) is 12.1 Å². The molecule has 0 aromatic heterocycles. The van der Waals surface area contributed by atoms with Gasteiger partial charge in [-0.15, -0.1) is 0 Å². The average Bonchev–Trinajstić information content (AvgIpc) is 2.62. The number of carboxylic acids is 1. The molecule has 0 spiro atoms. The van der Waals surface area contributed by atoms with Crippen molar-refractivity contribution in [2.45, 2.75) is 46.1 Å². The second-order valence-corrected chi connectivity index (χ2v) is 7.18. The first-order chi connectivity index (χ1) is 12.3. The normalized spacial score (nSPS) is 11.8. The minimum absolute atomic E-state index is 0.159. The summed E-state index contributed by atoms with van der Waals surface area (Å²) in [7, 11) is 0. The Bertz CT molecular complexity index is 817. The van der Waals surface area contributed by atoms with Crippen LogP contribution in [-0.2, 0) is 17.6 Å². The number of rotatable bonds is 7. The van der Waals surface area contributed by atoms with Gasteiger partial charge in [0.2, 0.25) is 0 Å². The molecule has 138 valence electrons. The highest BCUT2D eigenvalue weighted by Crippen LogP contribution is 2.23. The highest BCUT2D eigenvalue weighted by atomic mass is 79.9. The molecule has 2 aromatic rings. The number of carboxylic acid groups (broad SMARTS) is 1. The summed E-state index contributed by atoms with van der Waals surface area (Å²) in [5.41, 5.74) is 4.79. The SMILES string of the molecule is CCc1ccc([C@H](CC(=O)O)NC(=O)c2ccc(C)c(Br)c2)cc1CC. The van der Waals surface area contributed by atoms with Crippen LogP contribution in [0, 0.1) is 6.92 Å². The number of aliphatic carboxylic acids is 1. The molecule has 0 fully saturated rings. The van der Waals surface area contributed by atoms with Crippen molar-refractivity contribution < 1.29 is 14.7 Å². The molecule has 0 unspecified atom stereocenters. The zero-order valence-electron chi connectivity index (χ0n) is 15.3. The lowest BCUT2D eigenvalue weighted by Crippen LogP contribution is -2.30. The predicted molar refractivity (Wildman–Crippen MR) is 107 cm³/mol. The summed E-state index contributed by atoms with van der Waals surface area (Å²) < 4.78 is 0.848. The lowest BCUT2D eigenvalue weighted by molar-refractivity contribution is -0.137. The topological polar surface area (TPSA) is 66.4 Å². The van der Waals surface area contributed by atoms with E-state index in [4.69, 9.17) is 0 Å². The van der Waals surface area contributed by atoms with E-state index in [2.05, 4.69) is 35.1 Å². The smallest absolute Gasteiger partial charge is 0.305 e. The van der Waals surface area contributed by atoms with Gasteiger partial charge in [0.05, 0.1) is 12.5 Å². The average molecular weight is 418 g/mol. The van der Waals surface area contributed by atoms with Gasteiger partial charge in [-0.1, -0.05) is 54.0 Å². The minimum atomic E-state index is -0.946. The number of hydrogen-bond acceptors (Lipinski definition) is 2. The molecule has 0 aliphatic carbocycles. The first-order valence-corrected chi connectivity index (χ1v) is 9.55. The second kappa shape index (κ2) is 8.99. The Morgan fingerprint density at radius 1 is 1.08 bits per heavy atom. The summed E-state index contributed by atoms with van der Waals surface area (Å²) in [5.74, 6) is -1.23. The third-order valence-corrected chi connectivity index (χ3v) is 5.37. The largest absolute Gasteiger partial charge is 0.481 e. The van der Waals surface area contributed by atoms with Gasteiger partial charge in [0.25, 0.3) is 5.91 Å². The Labute approximate surface area is 162 Å². The first kappa shape index (κ1) is 20.2. The van der Waals surface area contributed by atoms with Crippen LogP contribution in [0.2, 0.25) is 0 Å². The molecule has 0 saturated carbocycles. The van der Waals surface area contributed by atoms with Gasteiger partial charge in [0, 0.05) is 10.0 Å². The van der Waals surface area contributed by atoms with Gasteiger partial charge >= 0.3 is 5.97 Å². The monoisotopic (exact) mass is 417 g/mol. The number of hydrogen-bond donors (Lipinski definition) is 2. The summed E-state index contributed by atoms with van der Waals surface area (Å²) in [4.78, 5) is 23.9. The molecule has 1 amide bonds. The zero-order chi connectivity index (χ0) is 19.3. The van der Waals surface area contributed by atoms with Crippen molar-refractivity contribution in [1.82, 2.24) is 5.32 Å². The van der Waals surface area contributed by atoms with Gasteiger partial charge in [0.1, 0.15) is 0 Å². The quantitative estimate of drug-likeness (QED) is 0.677. The number of carbonyl (C=O) groups excluding carboxylic acids is 1. The third kappa shape index (κ3) is 4.94. The molecule has 0 bridgehead atoms. The molecular weight excluding hydrogens is 394 g/mol. The Morgan fingerprint density at radius 2 is 1.77 bits per heavy atom. The second-order valence-electron chi connectivity index (χ2n) is 6.32. The first-order valence-electron chi connectivity index (χ1n) is 8.76. The van der Waals surface area contributed by atoms with Crippen molar-refractivity contribution in [3.8, 4) is 0 Å². The van der Waals surface area contributed by atoms with Gasteiger partial charge in [-0.3, -0.25) is 9.59 Å². The predicted octanol–water partition coefficient (Wildman–Crippen LogP) is 4.83. The van der Waals surface area contributed by atoms with Gasteiger partial charge in [-0.2, -0.15) is 0 Å². The highest BCUT2D eigenvalue weighted by molar-refractivity contribution is 9.10. The van der Waals surface area contributed by atoms with Crippen LogP contribution in [0.4, 0.5) is 0 Å². The van der Waals surface area contributed by atoms with Crippen molar-refractivity contribution in [3.05, 3.63) is 68.7 Å². The molecule has 0 saturated heterocycles. The molecule has 5 heteroatoms. The number of carbonyl (C=O) groups is 2. The van der Waals surface area contributed by atoms with E-state index in [1.807, 2.05) is 31.2 Å². The summed E-state index contributed by atoms with van der Waals surface area (Å²) in [6.07, 6.45) is 1.64. The fourth-order valence-corrected chi connectivity index (χ4v) is 3.32. The molecule has 26 heavy (non-hydrogen) atoms. The van der Waals surface area contributed by atoms with Crippen LogP contribution < -0.4 is 5.32 Å². The van der Waals surface area contributed by atoms with E-state index in [1.165, 1.54) is 11.1 Å². The molecule has 0 heterocycles. The van der Waals surface area contributed by atoms with E-state index in [-0.39, 0.29) is 12.3 Å². The van der Waals surface area contributed by atoms with Gasteiger partial charge in [0.15, 0.2) is 0 Å². The molecular formula is C21H24BrNO3. The minimum Gasteiger partial charge on any atom is -0.481 e. The number of nitrogens with one attached hydrogen (secondary N) is 1. The van der Waals surface area contributed by atoms with Crippen LogP contribution in [0.25, 0.3) is 0 Å². The lowest BCUT2D eigenvalue weighted by Gasteiger charge is -2.19. The zero-order valence-corrected chi connectivity index (χ0v) is 16.9. The molecule has 2 N–H and O–H groups in total. The molecule has 0 radical (unpaired) electrons. The summed E-state index contributed by atoms with van der Waals surface area (Å²) >= 11 is 3.43. The maximum Gasteiger partial charge on any atom is 0.305 e. The number of amides is 1. The highest BCUT2D eigenvalue weighted by Gasteiger charge is 2.20. The fourth-order valence-electron chi connectivity index (χ4n) is 2.94. The summed E-state index contributed by atoms with van der Waals surface area (Å²) in [6, 6.07) is 10.7. The Morgan fingerprint density at radius 3 is 2.35 bits per heavy atom. The van der Waals surface area contributed by atoms with E-state index < -0.39 is 12.0 Å². The van der Waals surface area contributed by atoms with Gasteiger partial charge in [-0.05, 0) is 54.2 Å². The molecule has 1 atom stereocenters. The van der Waals surface area contributed by atoms with E-state index in [9.17, 15) is 14.7 Å². The summed E-state index contributed by atoms with van der Waals surface area (Å²) in [5, 5.41) is 12.2. The number of benzene rings is 2. The van der Waals surface area contributed by atoms with Crippen LogP contribution >= 0.6 is 15.9 Å². The number of aryl methyl sites for hydroxylation is 3. The van der Waals surface area contributed by atoms with Crippen LogP contribution in [0.15, 0.2) is 40.9 Å².